The minimum Gasteiger partial charge on any atom is -0.444 e. The number of aromatic nitrogens is 2. The fourth-order valence-electron chi connectivity index (χ4n) is 1.84. The molecule has 0 aliphatic carbocycles. The molecule has 0 bridgehead atoms. The number of H-pyrrole nitrogens is 1. The highest BCUT2D eigenvalue weighted by atomic mass is 16.6. The molecule has 1 atom stereocenters. The van der Waals surface area contributed by atoms with Crippen molar-refractivity contribution in [1.29, 1.82) is 0 Å². The summed E-state index contributed by atoms with van der Waals surface area (Å²) in [6, 6.07) is 0. The second-order valence-corrected chi connectivity index (χ2v) is 5.30. The molecule has 0 saturated heterocycles. The Labute approximate surface area is 106 Å². The van der Waals surface area contributed by atoms with Gasteiger partial charge >= 0.3 is 6.09 Å². The summed E-state index contributed by atoms with van der Waals surface area (Å²) in [6.07, 6.45) is 2.05. The van der Waals surface area contributed by atoms with Crippen molar-refractivity contribution in [3.8, 4) is 0 Å². The average molecular weight is 253 g/mol. The third-order valence-corrected chi connectivity index (χ3v) is 2.59. The molecule has 1 aliphatic heterocycles. The van der Waals surface area contributed by atoms with Crippen LogP contribution >= 0.6 is 0 Å². The van der Waals surface area contributed by atoms with Gasteiger partial charge in [-0.1, -0.05) is 0 Å². The van der Waals surface area contributed by atoms with Gasteiger partial charge in [-0.25, -0.2) is 4.79 Å². The third kappa shape index (κ3) is 3.22. The Morgan fingerprint density at radius 3 is 3.17 bits per heavy atom. The van der Waals surface area contributed by atoms with Gasteiger partial charge in [-0.15, -0.1) is 0 Å². The predicted molar refractivity (Wildman–Crippen MR) is 65.2 cm³/mol. The Balaban J connectivity index is 1.87. The zero-order valence-electron chi connectivity index (χ0n) is 10.9. The number of nitrogens with zero attached hydrogens (tertiary/aromatic N) is 1. The first-order valence-corrected chi connectivity index (χ1v) is 6.06. The van der Waals surface area contributed by atoms with E-state index >= 15 is 0 Å². The number of alkyl carbamates (subject to hydrolysis) is 1. The standard InChI is InChI=1S/C12H19N3O3/c1-12(2,3)18-11(16)13-7-9-10-8(4-5-17-9)6-14-15-10/h6,9H,4-5,7H2,1-3H3,(H,13,16)(H,14,15)/t9-/m1/s1. The lowest BCUT2D eigenvalue weighted by molar-refractivity contribution is 0.0272. The van der Waals surface area contributed by atoms with Crippen LogP contribution in [0.1, 0.15) is 38.1 Å². The molecule has 1 amide bonds. The molecule has 1 aliphatic rings. The van der Waals surface area contributed by atoms with Gasteiger partial charge in [0, 0.05) is 0 Å². The van der Waals surface area contributed by atoms with Crippen molar-refractivity contribution in [2.45, 2.75) is 38.9 Å². The fourth-order valence-corrected chi connectivity index (χ4v) is 1.84. The van der Waals surface area contributed by atoms with Crippen molar-refractivity contribution >= 4 is 6.09 Å². The summed E-state index contributed by atoms with van der Waals surface area (Å²) in [5.41, 5.74) is 1.60. The van der Waals surface area contributed by atoms with Gasteiger partial charge in [-0.3, -0.25) is 5.10 Å². The SMILES string of the molecule is CC(C)(C)OC(=O)NC[C@H]1OCCc2cn[nH]c21. The van der Waals surface area contributed by atoms with Crippen molar-refractivity contribution in [3.63, 3.8) is 0 Å². The molecule has 0 unspecified atom stereocenters. The molecule has 0 fully saturated rings. The number of amides is 1. The number of carbonyl (C=O) groups is 1. The fraction of sp³-hybridized carbons (Fsp3) is 0.667. The average Bonchev–Trinajstić information content (AvgIpc) is 2.72. The van der Waals surface area contributed by atoms with Gasteiger partial charge in [-0.05, 0) is 32.8 Å². The maximum Gasteiger partial charge on any atom is 0.407 e. The van der Waals surface area contributed by atoms with Crippen LogP contribution in [0.15, 0.2) is 6.20 Å². The summed E-state index contributed by atoms with van der Waals surface area (Å²) in [5, 5.41) is 9.61. The van der Waals surface area contributed by atoms with Gasteiger partial charge in [0.15, 0.2) is 0 Å². The maximum atomic E-state index is 11.5. The van der Waals surface area contributed by atoms with Gasteiger partial charge in [0.25, 0.3) is 0 Å². The van der Waals surface area contributed by atoms with E-state index in [2.05, 4.69) is 15.5 Å². The Bertz CT molecular complexity index is 422. The summed E-state index contributed by atoms with van der Waals surface area (Å²) in [5.74, 6) is 0. The monoisotopic (exact) mass is 253 g/mol. The van der Waals surface area contributed by atoms with Crippen LogP contribution in [0.2, 0.25) is 0 Å². The topological polar surface area (TPSA) is 76.2 Å². The number of nitrogens with one attached hydrogen (secondary N) is 2. The van der Waals surface area contributed by atoms with E-state index in [-0.39, 0.29) is 6.10 Å². The minimum atomic E-state index is -0.489. The third-order valence-electron chi connectivity index (χ3n) is 2.59. The molecule has 0 saturated carbocycles. The van der Waals surface area contributed by atoms with E-state index < -0.39 is 11.7 Å². The first-order valence-electron chi connectivity index (χ1n) is 6.06. The summed E-state index contributed by atoms with van der Waals surface area (Å²) in [4.78, 5) is 11.5. The molecular formula is C12H19N3O3. The molecule has 2 N–H and O–H groups in total. The van der Waals surface area contributed by atoms with Crippen LogP contribution in [0.3, 0.4) is 0 Å². The van der Waals surface area contributed by atoms with Crippen molar-refractivity contribution in [3.05, 3.63) is 17.5 Å². The number of fused-ring (bicyclic) bond motifs is 1. The van der Waals surface area contributed by atoms with Gasteiger partial charge in [-0.2, -0.15) is 5.10 Å². The molecule has 1 aromatic rings. The van der Waals surface area contributed by atoms with Gasteiger partial charge in [0.05, 0.1) is 25.0 Å². The summed E-state index contributed by atoms with van der Waals surface area (Å²) in [7, 11) is 0. The Morgan fingerprint density at radius 1 is 1.67 bits per heavy atom. The second-order valence-electron chi connectivity index (χ2n) is 5.30. The van der Waals surface area contributed by atoms with E-state index in [1.54, 1.807) is 6.20 Å². The highest BCUT2D eigenvalue weighted by Crippen LogP contribution is 2.23. The summed E-state index contributed by atoms with van der Waals surface area (Å²) < 4.78 is 10.8. The van der Waals surface area contributed by atoms with Gasteiger partial charge in [0.2, 0.25) is 0 Å². The van der Waals surface area contributed by atoms with Crippen LogP contribution in [-0.4, -0.2) is 35.0 Å². The predicted octanol–water partition coefficient (Wildman–Crippen LogP) is 1.55. The van der Waals surface area contributed by atoms with E-state index in [4.69, 9.17) is 9.47 Å². The van der Waals surface area contributed by atoms with E-state index in [1.807, 2.05) is 20.8 Å². The number of aromatic amines is 1. The van der Waals surface area contributed by atoms with E-state index in [0.717, 1.165) is 17.7 Å². The number of carbonyl (C=O) groups excluding carboxylic acids is 1. The molecule has 0 aromatic carbocycles. The molecular weight excluding hydrogens is 234 g/mol. The Hall–Kier alpha value is -1.56. The molecule has 6 nitrogen and oxygen atoms in total. The normalized spacial score (nSPS) is 19.2. The molecule has 2 heterocycles. The lowest BCUT2D eigenvalue weighted by Crippen LogP contribution is -2.36. The van der Waals surface area contributed by atoms with Crippen molar-refractivity contribution in [2.24, 2.45) is 0 Å². The summed E-state index contributed by atoms with van der Waals surface area (Å²) >= 11 is 0. The van der Waals surface area contributed by atoms with E-state index in [1.165, 1.54) is 0 Å². The van der Waals surface area contributed by atoms with Crippen molar-refractivity contribution in [2.75, 3.05) is 13.2 Å². The van der Waals surface area contributed by atoms with Gasteiger partial charge < -0.3 is 14.8 Å². The first kappa shape index (κ1) is 12.9. The Kier molecular flexibility index (Phi) is 3.56. The quantitative estimate of drug-likeness (QED) is 0.838. The highest BCUT2D eigenvalue weighted by molar-refractivity contribution is 5.67. The largest absolute Gasteiger partial charge is 0.444 e. The Morgan fingerprint density at radius 2 is 2.44 bits per heavy atom. The van der Waals surface area contributed by atoms with Crippen LogP contribution < -0.4 is 5.32 Å². The van der Waals surface area contributed by atoms with Crippen LogP contribution in [0.4, 0.5) is 4.79 Å². The lowest BCUT2D eigenvalue weighted by atomic mass is 10.1. The second kappa shape index (κ2) is 4.97. The number of hydrogen-bond acceptors (Lipinski definition) is 4. The zero-order chi connectivity index (χ0) is 13.2. The molecule has 0 spiro atoms. The van der Waals surface area contributed by atoms with E-state index in [9.17, 15) is 4.79 Å². The first-order chi connectivity index (χ1) is 8.46. The van der Waals surface area contributed by atoms with Crippen molar-refractivity contribution in [1.82, 2.24) is 15.5 Å². The van der Waals surface area contributed by atoms with Crippen molar-refractivity contribution < 1.29 is 14.3 Å². The number of rotatable bonds is 2. The highest BCUT2D eigenvalue weighted by Gasteiger charge is 2.24. The maximum absolute atomic E-state index is 11.5. The number of ether oxygens (including phenoxy) is 2. The minimum absolute atomic E-state index is 0.177. The van der Waals surface area contributed by atoms with Crippen LogP contribution in [0, 0.1) is 0 Å². The molecule has 100 valence electrons. The van der Waals surface area contributed by atoms with E-state index in [0.29, 0.717) is 13.2 Å². The van der Waals surface area contributed by atoms with Crippen LogP contribution in [-0.2, 0) is 15.9 Å². The molecule has 0 radical (unpaired) electrons. The molecule has 6 heteroatoms. The number of hydrogen-bond donors (Lipinski definition) is 2. The van der Waals surface area contributed by atoms with Crippen LogP contribution in [0.5, 0.6) is 0 Å². The molecule has 2 rings (SSSR count). The van der Waals surface area contributed by atoms with Crippen LogP contribution in [0.25, 0.3) is 0 Å². The smallest absolute Gasteiger partial charge is 0.407 e. The zero-order valence-corrected chi connectivity index (χ0v) is 10.9. The molecule has 18 heavy (non-hydrogen) atoms. The molecule has 1 aromatic heterocycles. The van der Waals surface area contributed by atoms with Gasteiger partial charge in [0.1, 0.15) is 11.7 Å². The lowest BCUT2D eigenvalue weighted by Gasteiger charge is -2.24. The summed E-state index contributed by atoms with van der Waals surface area (Å²) in [6.45, 7) is 6.52.